The molecule has 4 nitrogen and oxygen atoms in total. The molecule has 0 saturated carbocycles. The molecule has 0 aromatic heterocycles. The van der Waals surface area contributed by atoms with Gasteiger partial charge in [-0.25, -0.2) is 4.79 Å². The molecular formula is C11H20O4. The van der Waals surface area contributed by atoms with Gasteiger partial charge in [-0.1, -0.05) is 13.8 Å². The lowest BCUT2D eigenvalue weighted by Crippen LogP contribution is -2.44. The van der Waals surface area contributed by atoms with E-state index >= 15 is 0 Å². The van der Waals surface area contributed by atoms with Crippen LogP contribution in [0.5, 0.6) is 0 Å². The largest absolute Gasteiger partial charge is 0.479 e. The molecular weight excluding hydrogens is 196 g/mol. The third-order valence-electron chi connectivity index (χ3n) is 3.09. The quantitative estimate of drug-likeness (QED) is 0.761. The summed E-state index contributed by atoms with van der Waals surface area (Å²) < 4.78 is 11.0. The van der Waals surface area contributed by atoms with E-state index in [4.69, 9.17) is 9.47 Å². The van der Waals surface area contributed by atoms with Gasteiger partial charge < -0.3 is 14.6 Å². The van der Waals surface area contributed by atoms with Crippen LogP contribution in [-0.4, -0.2) is 36.0 Å². The second-order valence-electron chi connectivity index (χ2n) is 3.94. The Kier molecular flexibility index (Phi) is 4.54. The highest BCUT2D eigenvalue weighted by Crippen LogP contribution is 2.26. The molecule has 1 saturated heterocycles. The molecule has 0 aliphatic carbocycles. The molecule has 0 amide bonds. The highest BCUT2D eigenvalue weighted by atomic mass is 16.5. The molecule has 1 rings (SSSR count). The molecule has 0 radical (unpaired) electrons. The highest BCUT2D eigenvalue weighted by Gasteiger charge is 2.38. The first-order valence-corrected chi connectivity index (χ1v) is 5.63. The number of ether oxygens (including phenoxy) is 2. The molecule has 88 valence electrons. The summed E-state index contributed by atoms with van der Waals surface area (Å²) in [6.07, 6.45) is 2.66. The van der Waals surface area contributed by atoms with Crippen LogP contribution >= 0.6 is 0 Å². The minimum Gasteiger partial charge on any atom is -0.479 e. The Labute approximate surface area is 90.6 Å². The Hall–Kier alpha value is -0.610. The van der Waals surface area contributed by atoms with Gasteiger partial charge in [-0.15, -0.1) is 0 Å². The van der Waals surface area contributed by atoms with Gasteiger partial charge in [0.15, 0.2) is 5.60 Å². The summed E-state index contributed by atoms with van der Waals surface area (Å²) in [5.41, 5.74) is -0.998. The standard InChI is InChI=1S/C11H20O4/c1-3-11(4-2,10(12)13)15-9-5-7-14-8-6-9/h9H,3-8H2,1-2H3,(H,12,13). The van der Waals surface area contributed by atoms with Crippen LogP contribution < -0.4 is 0 Å². The van der Waals surface area contributed by atoms with Crippen molar-refractivity contribution in [3.63, 3.8) is 0 Å². The summed E-state index contributed by atoms with van der Waals surface area (Å²) >= 11 is 0. The molecule has 1 aliphatic heterocycles. The first-order valence-electron chi connectivity index (χ1n) is 5.63. The summed E-state index contributed by atoms with van der Waals surface area (Å²) in [7, 11) is 0. The van der Waals surface area contributed by atoms with E-state index in [0.29, 0.717) is 26.1 Å². The molecule has 1 heterocycles. The Balaban J connectivity index is 2.60. The monoisotopic (exact) mass is 216 g/mol. The lowest BCUT2D eigenvalue weighted by atomic mass is 9.96. The first kappa shape index (κ1) is 12.5. The summed E-state index contributed by atoms with van der Waals surface area (Å²) in [4.78, 5) is 11.2. The molecule has 0 unspecified atom stereocenters. The van der Waals surface area contributed by atoms with E-state index in [2.05, 4.69) is 0 Å². The van der Waals surface area contributed by atoms with E-state index in [1.807, 2.05) is 13.8 Å². The van der Waals surface area contributed by atoms with Crippen LogP contribution in [0.15, 0.2) is 0 Å². The summed E-state index contributed by atoms with van der Waals surface area (Å²) in [5.74, 6) is -0.848. The number of hydrogen-bond donors (Lipinski definition) is 1. The summed E-state index contributed by atoms with van der Waals surface area (Å²) in [6, 6.07) is 0. The van der Waals surface area contributed by atoms with Crippen LogP contribution in [0.3, 0.4) is 0 Å². The van der Waals surface area contributed by atoms with Gasteiger partial charge in [0.2, 0.25) is 0 Å². The Bertz CT molecular complexity index is 205. The van der Waals surface area contributed by atoms with Crippen LogP contribution in [0.25, 0.3) is 0 Å². The van der Waals surface area contributed by atoms with Gasteiger partial charge in [0, 0.05) is 13.2 Å². The van der Waals surface area contributed by atoms with Crippen molar-refractivity contribution in [3.05, 3.63) is 0 Å². The fourth-order valence-electron chi connectivity index (χ4n) is 1.88. The maximum atomic E-state index is 11.2. The predicted octanol–water partition coefficient (Wildman–Crippen LogP) is 1.83. The maximum absolute atomic E-state index is 11.2. The van der Waals surface area contributed by atoms with Gasteiger partial charge >= 0.3 is 5.97 Å². The fourth-order valence-corrected chi connectivity index (χ4v) is 1.88. The average molecular weight is 216 g/mol. The number of rotatable bonds is 5. The van der Waals surface area contributed by atoms with E-state index in [1.54, 1.807) is 0 Å². The molecule has 0 spiro atoms. The van der Waals surface area contributed by atoms with E-state index in [-0.39, 0.29) is 6.10 Å². The number of hydrogen-bond acceptors (Lipinski definition) is 3. The molecule has 1 N–H and O–H groups in total. The SMILES string of the molecule is CCC(CC)(OC1CCOCC1)C(=O)O. The van der Waals surface area contributed by atoms with Crippen molar-refractivity contribution in [2.75, 3.05) is 13.2 Å². The van der Waals surface area contributed by atoms with Crippen LogP contribution in [0.1, 0.15) is 39.5 Å². The zero-order chi connectivity index (χ0) is 11.3. The van der Waals surface area contributed by atoms with Crippen LogP contribution in [-0.2, 0) is 14.3 Å². The normalized spacial score (nSPS) is 19.1. The van der Waals surface area contributed by atoms with Crippen LogP contribution in [0.2, 0.25) is 0 Å². The van der Waals surface area contributed by atoms with E-state index in [1.165, 1.54) is 0 Å². The Morgan fingerprint density at radius 1 is 1.40 bits per heavy atom. The zero-order valence-electron chi connectivity index (χ0n) is 9.49. The molecule has 0 aromatic carbocycles. The third-order valence-corrected chi connectivity index (χ3v) is 3.09. The van der Waals surface area contributed by atoms with E-state index < -0.39 is 11.6 Å². The van der Waals surface area contributed by atoms with Gasteiger partial charge in [0.1, 0.15) is 0 Å². The van der Waals surface area contributed by atoms with Crippen LogP contribution in [0, 0.1) is 0 Å². The molecule has 0 atom stereocenters. The van der Waals surface area contributed by atoms with E-state index in [9.17, 15) is 9.90 Å². The minimum absolute atomic E-state index is 0.0368. The Morgan fingerprint density at radius 3 is 2.33 bits per heavy atom. The van der Waals surface area contributed by atoms with Gasteiger partial charge in [0.05, 0.1) is 6.10 Å². The molecule has 0 bridgehead atoms. The average Bonchev–Trinajstić information content (AvgIpc) is 2.27. The highest BCUT2D eigenvalue weighted by molar-refractivity contribution is 5.77. The zero-order valence-corrected chi connectivity index (χ0v) is 9.49. The Morgan fingerprint density at radius 2 is 1.93 bits per heavy atom. The van der Waals surface area contributed by atoms with Gasteiger partial charge in [-0.2, -0.15) is 0 Å². The first-order chi connectivity index (χ1) is 7.14. The van der Waals surface area contributed by atoms with Crippen molar-refractivity contribution in [2.45, 2.75) is 51.2 Å². The molecule has 1 fully saturated rings. The molecule has 1 aliphatic rings. The van der Waals surface area contributed by atoms with Crippen molar-refractivity contribution >= 4 is 5.97 Å². The van der Waals surface area contributed by atoms with Crippen molar-refractivity contribution in [2.24, 2.45) is 0 Å². The van der Waals surface area contributed by atoms with E-state index in [0.717, 1.165) is 12.8 Å². The number of carbonyl (C=O) groups is 1. The predicted molar refractivity (Wildman–Crippen MR) is 55.9 cm³/mol. The maximum Gasteiger partial charge on any atom is 0.335 e. The molecule has 0 aromatic rings. The van der Waals surface area contributed by atoms with Crippen LogP contribution in [0.4, 0.5) is 0 Å². The van der Waals surface area contributed by atoms with Gasteiger partial charge in [0.25, 0.3) is 0 Å². The van der Waals surface area contributed by atoms with Gasteiger partial charge in [-0.05, 0) is 25.7 Å². The van der Waals surface area contributed by atoms with Crippen molar-refractivity contribution in [1.29, 1.82) is 0 Å². The summed E-state index contributed by atoms with van der Waals surface area (Å²) in [6.45, 7) is 5.06. The topological polar surface area (TPSA) is 55.8 Å². The van der Waals surface area contributed by atoms with Gasteiger partial charge in [-0.3, -0.25) is 0 Å². The third kappa shape index (κ3) is 2.92. The molecule has 4 heteroatoms. The van der Waals surface area contributed by atoms with Crippen molar-refractivity contribution < 1.29 is 19.4 Å². The summed E-state index contributed by atoms with van der Waals surface area (Å²) in [5, 5.41) is 9.20. The smallest absolute Gasteiger partial charge is 0.335 e. The minimum atomic E-state index is -0.998. The second-order valence-corrected chi connectivity index (χ2v) is 3.94. The number of carboxylic acids is 1. The lowest BCUT2D eigenvalue weighted by molar-refractivity contribution is -0.182. The second kappa shape index (κ2) is 5.47. The fraction of sp³-hybridized carbons (Fsp3) is 0.909. The van der Waals surface area contributed by atoms with Crippen molar-refractivity contribution in [3.8, 4) is 0 Å². The number of aliphatic carboxylic acids is 1. The van der Waals surface area contributed by atoms with Crippen molar-refractivity contribution in [1.82, 2.24) is 0 Å². The number of carboxylic acid groups (broad SMARTS) is 1. The lowest BCUT2D eigenvalue weighted by Gasteiger charge is -2.33. The molecule has 15 heavy (non-hydrogen) atoms.